The third-order valence-corrected chi connectivity index (χ3v) is 3.07. The fourth-order valence-corrected chi connectivity index (χ4v) is 2.16. The van der Waals surface area contributed by atoms with E-state index >= 15 is 0 Å². The van der Waals surface area contributed by atoms with Gasteiger partial charge in [-0.2, -0.15) is 0 Å². The molecule has 1 aliphatic heterocycles. The van der Waals surface area contributed by atoms with Gasteiger partial charge in [-0.25, -0.2) is 0 Å². The summed E-state index contributed by atoms with van der Waals surface area (Å²) in [5, 5.41) is 3.28. The first-order valence-corrected chi connectivity index (χ1v) is 6.10. The van der Waals surface area contributed by atoms with Crippen LogP contribution < -0.4 is 5.32 Å². The predicted molar refractivity (Wildman–Crippen MR) is 80.5 cm³/mol. The molecule has 0 fully saturated rings. The van der Waals surface area contributed by atoms with Gasteiger partial charge in [-0.05, 0) is 23.3 Å². The highest BCUT2D eigenvalue weighted by Crippen LogP contribution is 2.18. The van der Waals surface area contributed by atoms with Gasteiger partial charge in [-0.3, -0.25) is 4.79 Å². The van der Waals surface area contributed by atoms with Gasteiger partial charge < -0.3 is 10.2 Å². The van der Waals surface area contributed by atoms with Crippen LogP contribution in [0, 0.1) is 0 Å². The number of halogens is 1. The Morgan fingerprint density at radius 1 is 1.21 bits per heavy atom. The second-order valence-corrected chi connectivity index (χ2v) is 4.37. The number of carbonyl (C=O) groups is 1. The minimum absolute atomic E-state index is 0. The number of hydrogen-bond acceptors (Lipinski definition) is 2. The summed E-state index contributed by atoms with van der Waals surface area (Å²) in [7, 11) is 0. The first-order valence-electron chi connectivity index (χ1n) is 6.10. The molecule has 0 aromatic heterocycles. The van der Waals surface area contributed by atoms with Crippen molar-refractivity contribution < 1.29 is 4.79 Å². The van der Waals surface area contributed by atoms with E-state index in [2.05, 4.69) is 18.5 Å². The van der Waals surface area contributed by atoms with Gasteiger partial charge in [0.15, 0.2) is 0 Å². The summed E-state index contributed by atoms with van der Waals surface area (Å²) >= 11 is 0. The van der Waals surface area contributed by atoms with E-state index in [1.165, 1.54) is 11.1 Å². The number of rotatable bonds is 5. The van der Waals surface area contributed by atoms with Gasteiger partial charge in [0.2, 0.25) is 0 Å². The largest absolute Gasteiger partial charge is 0.331 e. The summed E-state index contributed by atoms with van der Waals surface area (Å²) in [6.07, 6.45) is 3.46. The number of amides is 1. The monoisotopic (exact) mass is 278 g/mol. The topological polar surface area (TPSA) is 32.3 Å². The fourth-order valence-electron chi connectivity index (χ4n) is 2.16. The van der Waals surface area contributed by atoms with Crippen LogP contribution in [-0.4, -0.2) is 23.9 Å². The smallest absolute Gasteiger partial charge is 0.254 e. The first-order chi connectivity index (χ1) is 8.76. The number of nitrogens with one attached hydrogen (secondary N) is 1. The molecular formula is C15H19ClN2O. The van der Waals surface area contributed by atoms with Crippen LogP contribution in [0.3, 0.4) is 0 Å². The maximum atomic E-state index is 12.3. The lowest BCUT2D eigenvalue weighted by Gasteiger charge is -2.19. The van der Waals surface area contributed by atoms with Crippen molar-refractivity contribution in [3.63, 3.8) is 0 Å². The van der Waals surface area contributed by atoms with Crippen LogP contribution in [0.2, 0.25) is 0 Å². The van der Waals surface area contributed by atoms with Crippen molar-refractivity contribution in [2.75, 3.05) is 13.1 Å². The third kappa shape index (κ3) is 3.46. The van der Waals surface area contributed by atoms with E-state index in [0.717, 1.165) is 18.7 Å². The van der Waals surface area contributed by atoms with Gasteiger partial charge in [-0.15, -0.1) is 25.6 Å². The summed E-state index contributed by atoms with van der Waals surface area (Å²) in [4.78, 5) is 14.1. The Kier molecular flexibility index (Phi) is 5.80. The Bertz CT molecular complexity index is 475. The summed E-state index contributed by atoms with van der Waals surface area (Å²) in [5.74, 6) is 0.0319. The molecule has 1 amide bonds. The van der Waals surface area contributed by atoms with Crippen LogP contribution in [0.25, 0.3) is 0 Å². The van der Waals surface area contributed by atoms with E-state index in [4.69, 9.17) is 0 Å². The van der Waals surface area contributed by atoms with Crippen LogP contribution in [0.15, 0.2) is 43.5 Å². The van der Waals surface area contributed by atoms with E-state index in [1.807, 2.05) is 18.2 Å². The zero-order valence-electron chi connectivity index (χ0n) is 10.9. The van der Waals surface area contributed by atoms with Gasteiger partial charge >= 0.3 is 0 Å². The predicted octanol–water partition coefficient (Wildman–Crippen LogP) is 2.53. The van der Waals surface area contributed by atoms with Crippen LogP contribution in [-0.2, 0) is 13.1 Å². The molecule has 4 heteroatoms. The van der Waals surface area contributed by atoms with E-state index in [0.29, 0.717) is 13.1 Å². The maximum Gasteiger partial charge on any atom is 0.254 e. The molecular weight excluding hydrogens is 260 g/mol. The molecule has 1 aliphatic rings. The molecule has 0 atom stereocenters. The minimum Gasteiger partial charge on any atom is -0.331 e. The van der Waals surface area contributed by atoms with E-state index in [-0.39, 0.29) is 18.3 Å². The molecule has 0 unspecified atom stereocenters. The standard InChI is InChI=1S/C15H18N2O.ClH/c1-3-7-17(8-4-2)15(18)12-5-6-13-10-16-11-14(13)9-12;/h3-6,9,16H,1-2,7-8,10-11H2;1H. The highest BCUT2D eigenvalue weighted by atomic mass is 35.5. The minimum atomic E-state index is 0. The zero-order chi connectivity index (χ0) is 13.0. The summed E-state index contributed by atoms with van der Waals surface area (Å²) in [6.45, 7) is 10.2. The number of hydrogen-bond donors (Lipinski definition) is 1. The Morgan fingerprint density at radius 2 is 1.84 bits per heavy atom. The van der Waals surface area contributed by atoms with Gasteiger partial charge in [0, 0.05) is 31.7 Å². The SMILES string of the molecule is C=CCN(CC=C)C(=O)c1ccc2c(c1)CNC2.Cl. The lowest BCUT2D eigenvalue weighted by atomic mass is 10.1. The molecule has 0 aliphatic carbocycles. The Balaban J connectivity index is 0.00000180. The highest BCUT2D eigenvalue weighted by Gasteiger charge is 2.16. The summed E-state index contributed by atoms with van der Waals surface area (Å²) in [5.41, 5.74) is 3.24. The summed E-state index contributed by atoms with van der Waals surface area (Å²) in [6, 6.07) is 5.91. The van der Waals surface area contributed by atoms with Gasteiger partial charge in [0.25, 0.3) is 5.91 Å². The molecule has 1 aromatic carbocycles. The van der Waals surface area contributed by atoms with Crippen molar-refractivity contribution in [2.24, 2.45) is 0 Å². The molecule has 3 nitrogen and oxygen atoms in total. The van der Waals surface area contributed by atoms with E-state index in [9.17, 15) is 4.79 Å². The molecule has 1 N–H and O–H groups in total. The summed E-state index contributed by atoms with van der Waals surface area (Å²) < 4.78 is 0. The van der Waals surface area contributed by atoms with Gasteiger partial charge in [0.05, 0.1) is 0 Å². The maximum absolute atomic E-state index is 12.3. The lowest BCUT2D eigenvalue weighted by Crippen LogP contribution is -2.31. The third-order valence-electron chi connectivity index (χ3n) is 3.07. The van der Waals surface area contributed by atoms with Crippen LogP contribution in [0.1, 0.15) is 21.5 Å². The van der Waals surface area contributed by atoms with E-state index < -0.39 is 0 Å². The Labute approximate surface area is 120 Å². The molecule has 0 saturated carbocycles. The van der Waals surface area contributed by atoms with E-state index in [1.54, 1.807) is 17.1 Å². The zero-order valence-corrected chi connectivity index (χ0v) is 11.7. The molecule has 1 aromatic rings. The Morgan fingerprint density at radius 3 is 2.47 bits per heavy atom. The molecule has 0 saturated heterocycles. The molecule has 102 valence electrons. The van der Waals surface area contributed by atoms with Crippen LogP contribution >= 0.6 is 12.4 Å². The fraction of sp³-hybridized carbons (Fsp3) is 0.267. The first kappa shape index (κ1) is 15.5. The van der Waals surface area contributed by atoms with Crippen LogP contribution in [0.4, 0.5) is 0 Å². The number of carbonyl (C=O) groups excluding carboxylic acids is 1. The normalized spacial score (nSPS) is 12.2. The molecule has 0 radical (unpaired) electrons. The molecule has 1 heterocycles. The van der Waals surface area contributed by atoms with Crippen LogP contribution in [0.5, 0.6) is 0 Å². The molecule has 19 heavy (non-hydrogen) atoms. The average Bonchev–Trinajstić information content (AvgIpc) is 2.84. The Hall–Kier alpha value is -1.58. The number of nitrogens with zero attached hydrogens (tertiary/aromatic N) is 1. The van der Waals surface area contributed by atoms with Gasteiger partial charge in [-0.1, -0.05) is 18.2 Å². The quantitative estimate of drug-likeness (QED) is 0.840. The van der Waals surface area contributed by atoms with Crippen molar-refractivity contribution in [1.82, 2.24) is 10.2 Å². The molecule has 0 spiro atoms. The molecule has 0 bridgehead atoms. The van der Waals surface area contributed by atoms with Crippen molar-refractivity contribution >= 4 is 18.3 Å². The second kappa shape index (κ2) is 7.12. The number of benzene rings is 1. The van der Waals surface area contributed by atoms with Crippen molar-refractivity contribution in [3.05, 3.63) is 60.2 Å². The van der Waals surface area contributed by atoms with Gasteiger partial charge in [0.1, 0.15) is 0 Å². The highest BCUT2D eigenvalue weighted by molar-refractivity contribution is 5.94. The van der Waals surface area contributed by atoms with Crippen molar-refractivity contribution in [3.8, 4) is 0 Å². The second-order valence-electron chi connectivity index (χ2n) is 4.37. The average molecular weight is 279 g/mol. The molecule has 2 rings (SSSR count). The van der Waals surface area contributed by atoms with Crippen molar-refractivity contribution in [1.29, 1.82) is 0 Å². The van der Waals surface area contributed by atoms with Crippen molar-refractivity contribution in [2.45, 2.75) is 13.1 Å². The number of fused-ring (bicyclic) bond motifs is 1. The lowest BCUT2D eigenvalue weighted by molar-refractivity contribution is 0.0791.